The Morgan fingerprint density at radius 2 is 1.90 bits per heavy atom. The molecule has 0 saturated heterocycles. The molecule has 2 atom stereocenters. The lowest BCUT2D eigenvalue weighted by Crippen LogP contribution is -2.60. The molecule has 0 bridgehead atoms. The minimum Gasteiger partial charge on any atom is -0.497 e. The molecule has 2 unspecified atom stereocenters. The second-order valence-electron chi connectivity index (χ2n) is 7.05. The van der Waals surface area contributed by atoms with E-state index in [0.717, 1.165) is 25.3 Å². The average Bonchev–Trinajstić information content (AvgIpc) is 2.46. The number of hydrogen-bond acceptors (Lipinski definition) is 3. The predicted octanol–water partition coefficient (Wildman–Crippen LogP) is 3.62. The van der Waals surface area contributed by atoms with Crippen LogP contribution in [0, 0.1) is 11.3 Å². The van der Waals surface area contributed by atoms with Gasteiger partial charge in [-0.1, -0.05) is 39.8 Å². The number of methoxy groups -OCH3 is 1. The summed E-state index contributed by atoms with van der Waals surface area (Å²) >= 11 is 0. The Bertz CT molecular complexity index is 439. The molecule has 1 fully saturated rings. The van der Waals surface area contributed by atoms with Crippen LogP contribution >= 0.6 is 0 Å². The molecule has 0 aliphatic heterocycles. The third-order valence-corrected chi connectivity index (χ3v) is 4.52. The van der Waals surface area contributed by atoms with Gasteiger partial charge in [-0.15, -0.1) is 0 Å². The summed E-state index contributed by atoms with van der Waals surface area (Å²) in [4.78, 5) is 0. The molecule has 1 aromatic carbocycles. The molecule has 1 saturated carbocycles. The van der Waals surface area contributed by atoms with E-state index in [1.165, 1.54) is 5.56 Å². The van der Waals surface area contributed by atoms with Gasteiger partial charge >= 0.3 is 0 Å². The van der Waals surface area contributed by atoms with Crippen molar-refractivity contribution in [1.29, 1.82) is 0 Å². The fourth-order valence-corrected chi connectivity index (χ4v) is 2.81. The summed E-state index contributed by atoms with van der Waals surface area (Å²) < 4.78 is 11.2. The van der Waals surface area contributed by atoms with Crippen LogP contribution in [0.3, 0.4) is 0 Å². The number of benzene rings is 1. The second-order valence-corrected chi connectivity index (χ2v) is 7.05. The number of hydrogen-bond donors (Lipinski definition) is 1. The Hall–Kier alpha value is -1.06. The minimum absolute atomic E-state index is 0.210. The van der Waals surface area contributed by atoms with Crippen LogP contribution in [0.2, 0.25) is 0 Å². The highest BCUT2D eigenvalue weighted by Gasteiger charge is 2.48. The Labute approximate surface area is 129 Å². The van der Waals surface area contributed by atoms with Crippen LogP contribution in [-0.4, -0.2) is 25.9 Å². The third-order valence-electron chi connectivity index (χ3n) is 4.52. The Morgan fingerprint density at radius 1 is 1.24 bits per heavy atom. The maximum Gasteiger partial charge on any atom is 0.118 e. The second kappa shape index (κ2) is 6.80. The standard InChI is InChI=1S/C18H29NO2/c1-13(2)12-21-17-10-16(18(17,3)4)19-11-14-6-8-15(20-5)9-7-14/h6-9,13,16-17,19H,10-12H2,1-5H3. The zero-order chi connectivity index (χ0) is 15.5. The molecule has 1 N–H and O–H groups in total. The topological polar surface area (TPSA) is 30.5 Å². The summed E-state index contributed by atoms with van der Waals surface area (Å²) in [5, 5.41) is 3.66. The van der Waals surface area contributed by atoms with E-state index < -0.39 is 0 Å². The normalized spacial score (nSPS) is 23.9. The Balaban J connectivity index is 1.79. The minimum atomic E-state index is 0.210. The highest BCUT2D eigenvalue weighted by molar-refractivity contribution is 5.27. The van der Waals surface area contributed by atoms with Crippen molar-refractivity contribution < 1.29 is 9.47 Å². The van der Waals surface area contributed by atoms with E-state index in [1.807, 2.05) is 12.1 Å². The van der Waals surface area contributed by atoms with E-state index in [0.29, 0.717) is 18.1 Å². The molecule has 1 aliphatic carbocycles. The van der Waals surface area contributed by atoms with Crippen molar-refractivity contribution in [2.75, 3.05) is 13.7 Å². The molecule has 0 radical (unpaired) electrons. The summed E-state index contributed by atoms with van der Waals surface area (Å²) in [6, 6.07) is 8.78. The van der Waals surface area contributed by atoms with Crippen LogP contribution in [0.15, 0.2) is 24.3 Å². The van der Waals surface area contributed by atoms with E-state index in [2.05, 4.69) is 45.1 Å². The van der Waals surface area contributed by atoms with Gasteiger partial charge in [0.25, 0.3) is 0 Å². The smallest absolute Gasteiger partial charge is 0.118 e. The number of ether oxygens (including phenoxy) is 2. The fourth-order valence-electron chi connectivity index (χ4n) is 2.81. The van der Waals surface area contributed by atoms with Crippen molar-refractivity contribution in [3.05, 3.63) is 29.8 Å². The first-order valence-corrected chi connectivity index (χ1v) is 7.91. The molecule has 118 valence electrons. The van der Waals surface area contributed by atoms with Crippen LogP contribution in [0.5, 0.6) is 5.75 Å². The van der Waals surface area contributed by atoms with Gasteiger partial charge < -0.3 is 14.8 Å². The zero-order valence-electron chi connectivity index (χ0n) is 14.0. The highest BCUT2D eigenvalue weighted by Crippen LogP contribution is 2.43. The van der Waals surface area contributed by atoms with Crippen molar-refractivity contribution in [3.63, 3.8) is 0 Å². The molecule has 21 heavy (non-hydrogen) atoms. The van der Waals surface area contributed by atoms with Gasteiger partial charge in [0.1, 0.15) is 5.75 Å². The first kappa shape index (κ1) is 16.3. The van der Waals surface area contributed by atoms with E-state index in [-0.39, 0.29) is 5.41 Å². The molecular weight excluding hydrogens is 262 g/mol. The lowest BCUT2D eigenvalue weighted by molar-refractivity contribution is -0.124. The molecule has 1 aliphatic rings. The first-order valence-electron chi connectivity index (χ1n) is 7.91. The maximum atomic E-state index is 6.01. The van der Waals surface area contributed by atoms with Gasteiger partial charge in [0, 0.05) is 24.6 Å². The predicted molar refractivity (Wildman–Crippen MR) is 86.6 cm³/mol. The molecule has 1 aromatic rings. The molecule has 0 aromatic heterocycles. The number of nitrogens with one attached hydrogen (secondary N) is 1. The quantitative estimate of drug-likeness (QED) is 0.832. The van der Waals surface area contributed by atoms with Crippen molar-refractivity contribution in [2.24, 2.45) is 11.3 Å². The van der Waals surface area contributed by atoms with E-state index in [4.69, 9.17) is 9.47 Å². The van der Waals surface area contributed by atoms with Crippen LogP contribution in [0.4, 0.5) is 0 Å². The van der Waals surface area contributed by atoms with Gasteiger partial charge in [-0.05, 0) is 30.0 Å². The summed E-state index contributed by atoms with van der Waals surface area (Å²) in [6.45, 7) is 10.8. The monoisotopic (exact) mass is 291 g/mol. The van der Waals surface area contributed by atoms with Crippen LogP contribution in [-0.2, 0) is 11.3 Å². The van der Waals surface area contributed by atoms with Crippen LogP contribution in [0.25, 0.3) is 0 Å². The maximum absolute atomic E-state index is 6.01. The summed E-state index contributed by atoms with van der Waals surface area (Å²) in [5.41, 5.74) is 1.50. The molecule has 0 heterocycles. The summed E-state index contributed by atoms with van der Waals surface area (Å²) in [5.74, 6) is 1.51. The van der Waals surface area contributed by atoms with Crippen molar-refractivity contribution >= 4 is 0 Å². The fraction of sp³-hybridized carbons (Fsp3) is 0.667. The summed E-state index contributed by atoms with van der Waals surface area (Å²) in [7, 11) is 1.70. The van der Waals surface area contributed by atoms with E-state index in [9.17, 15) is 0 Å². The van der Waals surface area contributed by atoms with Gasteiger partial charge in [0.05, 0.1) is 13.2 Å². The first-order chi connectivity index (χ1) is 9.93. The van der Waals surface area contributed by atoms with Gasteiger partial charge in [-0.3, -0.25) is 0 Å². The SMILES string of the molecule is COc1ccc(CNC2CC(OCC(C)C)C2(C)C)cc1. The van der Waals surface area contributed by atoms with Gasteiger partial charge in [0.15, 0.2) is 0 Å². The average molecular weight is 291 g/mol. The molecule has 3 nitrogen and oxygen atoms in total. The van der Waals surface area contributed by atoms with E-state index in [1.54, 1.807) is 7.11 Å². The van der Waals surface area contributed by atoms with Crippen molar-refractivity contribution in [3.8, 4) is 5.75 Å². The zero-order valence-corrected chi connectivity index (χ0v) is 14.0. The van der Waals surface area contributed by atoms with E-state index >= 15 is 0 Å². The van der Waals surface area contributed by atoms with Crippen LogP contribution < -0.4 is 10.1 Å². The molecule has 2 rings (SSSR count). The molecular formula is C18H29NO2. The number of rotatable bonds is 7. The molecule has 0 amide bonds. The van der Waals surface area contributed by atoms with Gasteiger partial charge in [-0.2, -0.15) is 0 Å². The Morgan fingerprint density at radius 3 is 2.43 bits per heavy atom. The third kappa shape index (κ3) is 3.98. The Kier molecular flexibility index (Phi) is 5.28. The largest absolute Gasteiger partial charge is 0.497 e. The molecule has 0 spiro atoms. The molecule has 3 heteroatoms. The highest BCUT2D eigenvalue weighted by atomic mass is 16.5. The van der Waals surface area contributed by atoms with Crippen molar-refractivity contribution in [1.82, 2.24) is 5.32 Å². The lowest BCUT2D eigenvalue weighted by atomic mass is 9.64. The van der Waals surface area contributed by atoms with Gasteiger partial charge in [-0.25, -0.2) is 0 Å². The lowest BCUT2D eigenvalue weighted by Gasteiger charge is -2.52. The summed E-state index contributed by atoms with van der Waals surface area (Å²) in [6.07, 6.45) is 1.49. The van der Waals surface area contributed by atoms with Crippen molar-refractivity contribution in [2.45, 2.75) is 52.8 Å². The van der Waals surface area contributed by atoms with Crippen LogP contribution in [0.1, 0.15) is 39.7 Å². The van der Waals surface area contributed by atoms with Gasteiger partial charge in [0.2, 0.25) is 0 Å².